The molecule has 0 unspecified atom stereocenters. The Hall–Kier alpha value is -2.47. The number of rotatable bonds is 1. The molecular formula is C14H9N3O2S. The predicted octanol–water partition coefficient (Wildman–Crippen LogP) is 2.69. The molecule has 5 nitrogen and oxygen atoms in total. The minimum absolute atomic E-state index is 0.0554. The monoisotopic (exact) mass is 283 g/mol. The first-order chi connectivity index (χ1) is 9.79. The fourth-order valence-corrected chi connectivity index (χ4v) is 3.11. The van der Waals surface area contributed by atoms with Crippen LogP contribution in [0.3, 0.4) is 0 Å². The second kappa shape index (κ2) is 4.28. The van der Waals surface area contributed by atoms with Gasteiger partial charge in [0.1, 0.15) is 10.8 Å². The number of anilines is 1. The number of benzene rings is 1. The van der Waals surface area contributed by atoms with Crippen molar-refractivity contribution >= 4 is 33.1 Å². The highest BCUT2D eigenvalue weighted by Gasteiger charge is 2.18. The van der Waals surface area contributed by atoms with Gasteiger partial charge in [0.15, 0.2) is 6.61 Å². The van der Waals surface area contributed by atoms with E-state index in [9.17, 15) is 4.79 Å². The second-order valence-corrected chi connectivity index (χ2v) is 5.44. The first kappa shape index (κ1) is 11.4. The number of carbonyl (C=O) groups excluding carboxylic acids is 1. The number of nitrogens with zero attached hydrogens (tertiary/aromatic N) is 2. The van der Waals surface area contributed by atoms with Crippen molar-refractivity contribution in [1.82, 2.24) is 9.97 Å². The van der Waals surface area contributed by atoms with Gasteiger partial charge < -0.3 is 10.1 Å². The minimum atomic E-state index is -0.129. The molecule has 98 valence electrons. The lowest BCUT2D eigenvalue weighted by atomic mass is 10.2. The van der Waals surface area contributed by atoms with Crippen molar-refractivity contribution in [1.29, 1.82) is 0 Å². The molecule has 20 heavy (non-hydrogen) atoms. The van der Waals surface area contributed by atoms with Gasteiger partial charge in [0, 0.05) is 24.0 Å². The molecule has 0 bridgehead atoms. The Kier molecular flexibility index (Phi) is 2.43. The SMILES string of the molecule is O=C1COc2cc3nc(-c4ccncc4)sc3cc2N1. The van der Waals surface area contributed by atoms with Crippen LogP contribution in [0, 0.1) is 0 Å². The summed E-state index contributed by atoms with van der Waals surface area (Å²) >= 11 is 1.58. The summed E-state index contributed by atoms with van der Waals surface area (Å²) in [5, 5.41) is 3.73. The summed E-state index contributed by atoms with van der Waals surface area (Å²) < 4.78 is 6.42. The third-order valence-electron chi connectivity index (χ3n) is 3.05. The number of carbonyl (C=O) groups is 1. The van der Waals surface area contributed by atoms with Crippen LogP contribution in [-0.4, -0.2) is 22.5 Å². The third kappa shape index (κ3) is 1.81. The molecule has 4 rings (SSSR count). The van der Waals surface area contributed by atoms with E-state index >= 15 is 0 Å². The minimum Gasteiger partial charge on any atom is -0.481 e. The van der Waals surface area contributed by atoms with Crippen molar-refractivity contribution in [3.05, 3.63) is 36.7 Å². The smallest absolute Gasteiger partial charge is 0.262 e. The molecule has 0 saturated carbocycles. The standard InChI is InChI=1S/C14H9N3O2S/c18-13-7-19-11-5-10-12(6-9(11)16-13)20-14(17-10)8-1-3-15-4-2-8/h1-6H,7H2,(H,16,18). The summed E-state index contributed by atoms with van der Waals surface area (Å²) in [7, 11) is 0. The van der Waals surface area contributed by atoms with E-state index in [2.05, 4.69) is 15.3 Å². The maximum absolute atomic E-state index is 11.3. The Morgan fingerprint density at radius 3 is 2.95 bits per heavy atom. The molecule has 0 radical (unpaired) electrons. The molecule has 1 aromatic carbocycles. The Bertz CT molecular complexity index is 814. The number of aromatic nitrogens is 2. The highest BCUT2D eigenvalue weighted by atomic mass is 32.1. The number of amides is 1. The number of fused-ring (bicyclic) bond motifs is 2. The summed E-state index contributed by atoms with van der Waals surface area (Å²) in [4.78, 5) is 19.9. The van der Waals surface area contributed by atoms with Gasteiger partial charge in [0.2, 0.25) is 0 Å². The molecule has 1 N–H and O–H groups in total. The van der Waals surface area contributed by atoms with Crippen LogP contribution in [0.2, 0.25) is 0 Å². The summed E-state index contributed by atoms with van der Waals surface area (Å²) in [6.45, 7) is 0.0554. The summed E-state index contributed by atoms with van der Waals surface area (Å²) in [6, 6.07) is 7.63. The quantitative estimate of drug-likeness (QED) is 0.745. The van der Waals surface area contributed by atoms with Gasteiger partial charge in [-0.2, -0.15) is 0 Å². The van der Waals surface area contributed by atoms with Crippen molar-refractivity contribution in [2.75, 3.05) is 11.9 Å². The van der Waals surface area contributed by atoms with Gasteiger partial charge in [-0.05, 0) is 18.2 Å². The molecule has 1 aliphatic heterocycles. The molecule has 1 aliphatic rings. The van der Waals surface area contributed by atoms with Crippen LogP contribution in [0.1, 0.15) is 0 Å². The Labute approximate surface area is 118 Å². The maximum atomic E-state index is 11.3. The summed E-state index contributed by atoms with van der Waals surface area (Å²) in [5.41, 5.74) is 2.61. The first-order valence-corrected chi connectivity index (χ1v) is 6.89. The van der Waals surface area contributed by atoms with Gasteiger partial charge in [-0.25, -0.2) is 4.98 Å². The van der Waals surface area contributed by atoms with Crippen LogP contribution in [0.15, 0.2) is 36.7 Å². The van der Waals surface area contributed by atoms with Crippen molar-refractivity contribution in [2.24, 2.45) is 0 Å². The van der Waals surface area contributed by atoms with E-state index in [0.717, 1.165) is 20.8 Å². The highest BCUT2D eigenvalue weighted by molar-refractivity contribution is 7.21. The lowest BCUT2D eigenvalue weighted by Gasteiger charge is -2.17. The lowest BCUT2D eigenvalue weighted by molar-refractivity contribution is -0.118. The van der Waals surface area contributed by atoms with E-state index in [0.29, 0.717) is 11.4 Å². The molecule has 0 aliphatic carbocycles. The fraction of sp³-hybridized carbons (Fsp3) is 0.0714. The molecule has 3 aromatic rings. The normalized spacial score (nSPS) is 13.7. The summed E-state index contributed by atoms with van der Waals surface area (Å²) in [5.74, 6) is 0.541. The number of nitrogens with one attached hydrogen (secondary N) is 1. The maximum Gasteiger partial charge on any atom is 0.262 e. The highest BCUT2D eigenvalue weighted by Crippen LogP contribution is 2.37. The van der Waals surface area contributed by atoms with Crippen LogP contribution < -0.4 is 10.1 Å². The lowest BCUT2D eigenvalue weighted by Crippen LogP contribution is -2.25. The molecule has 0 saturated heterocycles. The zero-order valence-corrected chi connectivity index (χ0v) is 11.1. The average molecular weight is 283 g/mol. The van der Waals surface area contributed by atoms with Crippen LogP contribution in [0.5, 0.6) is 5.75 Å². The van der Waals surface area contributed by atoms with E-state index in [1.54, 1.807) is 23.7 Å². The van der Waals surface area contributed by atoms with Gasteiger partial charge in [-0.1, -0.05) is 0 Å². The van der Waals surface area contributed by atoms with Gasteiger partial charge >= 0.3 is 0 Å². The second-order valence-electron chi connectivity index (χ2n) is 4.41. The van der Waals surface area contributed by atoms with E-state index in [1.165, 1.54) is 0 Å². The Balaban J connectivity index is 1.86. The van der Waals surface area contributed by atoms with Crippen LogP contribution >= 0.6 is 11.3 Å². The Morgan fingerprint density at radius 2 is 2.10 bits per heavy atom. The number of pyridine rings is 1. The van der Waals surface area contributed by atoms with Gasteiger partial charge in [0.05, 0.1) is 15.9 Å². The number of hydrogen-bond acceptors (Lipinski definition) is 5. The molecule has 3 heterocycles. The molecule has 0 atom stereocenters. The van der Waals surface area contributed by atoms with E-state index in [4.69, 9.17) is 4.74 Å². The van der Waals surface area contributed by atoms with E-state index < -0.39 is 0 Å². The molecule has 0 spiro atoms. The van der Waals surface area contributed by atoms with Crippen molar-refractivity contribution in [3.63, 3.8) is 0 Å². The van der Waals surface area contributed by atoms with Crippen LogP contribution in [-0.2, 0) is 4.79 Å². The van der Waals surface area contributed by atoms with E-state index in [-0.39, 0.29) is 12.5 Å². The first-order valence-electron chi connectivity index (χ1n) is 6.07. The molecule has 1 amide bonds. The van der Waals surface area contributed by atoms with Crippen molar-refractivity contribution < 1.29 is 9.53 Å². The fourth-order valence-electron chi connectivity index (χ4n) is 2.12. The molecule has 6 heteroatoms. The third-order valence-corrected chi connectivity index (χ3v) is 4.12. The zero-order chi connectivity index (χ0) is 13.5. The van der Waals surface area contributed by atoms with Gasteiger partial charge in [-0.15, -0.1) is 11.3 Å². The topological polar surface area (TPSA) is 64.1 Å². The van der Waals surface area contributed by atoms with Crippen molar-refractivity contribution in [2.45, 2.75) is 0 Å². The number of hydrogen-bond donors (Lipinski definition) is 1. The number of ether oxygens (including phenoxy) is 1. The zero-order valence-electron chi connectivity index (χ0n) is 10.3. The van der Waals surface area contributed by atoms with Gasteiger partial charge in [-0.3, -0.25) is 9.78 Å². The summed E-state index contributed by atoms with van der Waals surface area (Å²) in [6.07, 6.45) is 3.49. The number of thiazole rings is 1. The van der Waals surface area contributed by atoms with Crippen LogP contribution in [0.4, 0.5) is 5.69 Å². The largest absolute Gasteiger partial charge is 0.481 e. The predicted molar refractivity (Wildman–Crippen MR) is 77.0 cm³/mol. The molecular weight excluding hydrogens is 274 g/mol. The molecule has 0 fully saturated rings. The average Bonchev–Trinajstić information content (AvgIpc) is 2.88. The van der Waals surface area contributed by atoms with Gasteiger partial charge in [0.25, 0.3) is 5.91 Å². The Morgan fingerprint density at radius 1 is 1.25 bits per heavy atom. The molecule has 2 aromatic heterocycles. The van der Waals surface area contributed by atoms with E-state index in [1.807, 2.05) is 24.3 Å². The van der Waals surface area contributed by atoms with Crippen molar-refractivity contribution in [3.8, 4) is 16.3 Å². The van der Waals surface area contributed by atoms with Crippen LogP contribution in [0.25, 0.3) is 20.8 Å².